The van der Waals surface area contributed by atoms with Crippen LogP contribution in [0.25, 0.3) is 0 Å². The van der Waals surface area contributed by atoms with Gasteiger partial charge >= 0.3 is 0 Å². The van der Waals surface area contributed by atoms with E-state index in [0.29, 0.717) is 12.0 Å². The van der Waals surface area contributed by atoms with Gasteiger partial charge in [-0.05, 0) is 24.7 Å². The second-order valence-electron chi connectivity index (χ2n) is 4.50. The maximum absolute atomic E-state index is 9.90. The molecule has 0 aromatic carbocycles. The van der Waals surface area contributed by atoms with E-state index in [-0.39, 0.29) is 0 Å². The van der Waals surface area contributed by atoms with E-state index in [1.807, 2.05) is 0 Å². The molecule has 1 N–H and O–H groups in total. The fourth-order valence-corrected chi connectivity index (χ4v) is 2.03. The Labute approximate surface area is 68.6 Å². The molecular formula is C9H18O2. The van der Waals surface area contributed by atoms with Gasteiger partial charge in [-0.15, -0.1) is 0 Å². The van der Waals surface area contributed by atoms with Gasteiger partial charge in [0.25, 0.3) is 0 Å². The lowest BCUT2D eigenvalue weighted by atomic mass is 9.89. The van der Waals surface area contributed by atoms with E-state index in [9.17, 15) is 5.11 Å². The predicted molar refractivity (Wildman–Crippen MR) is 44.5 cm³/mol. The predicted octanol–water partition coefficient (Wildman–Crippen LogP) is 1.57. The summed E-state index contributed by atoms with van der Waals surface area (Å²) in [4.78, 5) is 0. The highest BCUT2D eigenvalue weighted by molar-refractivity contribution is 4.93. The summed E-state index contributed by atoms with van der Waals surface area (Å²) in [6.07, 6.45) is 2.86. The van der Waals surface area contributed by atoms with Crippen LogP contribution < -0.4 is 0 Å². The Bertz CT molecular complexity index is 142. The molecule has 0 aromatic heterocycles. The van der Waals surface area contributed by atoms with Gasteiger partial charge in [0.15, 0.2) is 0 Å². The zero-order chi connectivity index (χ0) is 8.54. The highest BCUT2D eigenvalue weighted by atomic mass is 16.5. The summed E-state index contributed by atoms with van der Waals surface area (Å²) in [6.45, 7) is 4.87. The van der Waals surface area contributed by atoms with Crippen molar-refractivity contribution in [2.45, 2.75) is 38.7 Å². The Morgan fingerprint density at radius 2 is 2.00 bits per heavy atom. The van der Waals surface area contributed by atoms with Crippen molar-refractivity contribution in [2.75, 3.05) is 13.7 Å². The van der Waals surface area contributed by atoms with Crippen LogP contribution >= 0.6 is 0 Å². The summed E-state index contributed by atoms with van der Waals surface area (Å²) in [5.41, 5.74) is -0.245. The number of methoxy groups -OCH3 is 1. The van der Waals surface area contributed by atoms with Crippen molar-refractivity contribution in [1.29, 1.82) is 0 Å². The molecule has 1 aliphatic rings. The van der Waals surface area contributed by atoms with Gasteiger partial charge in [-0.1, -0.05) is 13.8 Å². The van der Waals surface area contributed by atoms with Crippen molar-refractivity contribution in [3.05, 3.63) is 0 Å². The number of hydrogen-bond acceptors (Lipinski definition) is 2. The van der Waals surface area contributed by atoms with E-state index in [1.165, 1.54) is 0 Å². The molecule has 0 saturated heterocycles. The number of aliphatic hydroxyl groups is 1. The van der Waals surface area contributed by atoms with Crippen LogP contribution in [0, 0.1) is 5.41 Å². The molecule has 2 nitrogen and oxygen atoms in total. The molecule has 1 rings (SSSR count). The lowest BCUT2D eigenvalue weighted by molar-refractivity contribution is -0.0318. The van der Waals surface area contributed by atoms with Gasteiger partial charge in [-0.2, -0.15) is 0 Å². The maximum Gasteiger partial charge on any atom is 0.0885 e. The van der Waals surface area contributed by atoms with Gasteiger partial charge in [-0.3, -0.25) is 0 Å². The SMILES string of the molecule is COCC1(O)CCC(C)(C)C1. The summed E-state index contributed by atoms with van der Waals surface area (Å²) < 4.78 is 4.97. The van der Waals surface area contributed by atoms with E-state index in [4.69, 9.17) is 4.74 Å². The molecule has 0 aromatic rings. The van der Waals surface area contributed by atoms with Crippen molar-refractivity contribution in [1.82, 2.24) is 0 Å². The smallest absolute Gasteiger partial charge is 0.0885 e. The molecular weight excluding hydrogens is 140 g/mol. The lowest BCUT2D eigenvalue weighted by Crippen LogP contribution is -2.31. The third-order valence-corrected chi connectivity index (χ3v) is 2.49. The highest BCUT2D eigenvalue weighted by Crippen LogP contribution is 2.43. The van der Waals surface area contributed by atoms with Gasteiger partial charge in [0.2, 0.25) is 0 Å². The molecule has 1 atom stereocenters. The van der Waals surface area contributed by atoms with Crippen LogP contribution in [0.2, 0.25) is 0 Å². The van der Waals surface area contributed by atoms with Crippen molar-refractivity contribution in [3.63, 3.8) is 0 Å². The number of rotatable bonds is 2. The lowest BCUT2D eigenvalue weighted by Gasteiger charge is -2.23. The van der Waals surface area contributed by atoms with Gasteiger partial charge < -0.3 is 9.84 Å². The molecule has 11 heavy (non-hydrogen) atoms. The van der Waals surface area contributed by atoms with Crippen molar-refractivity contribution < 1.29 is 9.84 Å². The molecule has 0 bridgehead atoms. The van der Waals surface area contributed by atoms with E-state index in [2.05, 4.69) is 13.8 Å². The first-order chi connectivity index (χ1) is 4.97. The van der Waals surface area contributed by atoms with Crippen molar-refractivity contribution >= 4 is 0 Å². The summed E-state index contributed by atoms with van der Waals surface area (Å²) >= 11 is 0. The van der Waals surface area contributed by atoms with Gasteiger partial charge in [-0.25, -0.2) is 0 Å². The molecule has 2 heteroatoms. The average molecular weight is 158 g/mol. The third-order valence-electron chi connectivity index (χ3n) is 2.49. The molecule has 1 unspecified atom stereocenters. The molecule has 0 spiro atoms. The van der Waals surface area contributed by atoms with Crippen LogP contribution in [0.5, 0.6) is 0 Å². The van der Waals surface area contributed by atoms with E-state index < -0.39 is 5.60 Å². The van der Waals surface area contributed by atoms with Crippen LogP contribution in [-0.2, 0) is 4.74 Å². The fourth-order valence-electron chi connectivity index (χ4n) is 2.03. The monoisotopic (exact) mass is 158 g/mol. The van der Waals surface area contributed by atoms with Crippen LogP contribution in [-0.4, -0.2) is 24.4 Å². The average Bonchev–Trinajstić information content (AvgIpc) is 2.07. The Balaban J connectivity index is 2.51. The Morgan fingerprint density at radius 1 is 1.36 bits per heavy atom. The van der Waals surface area contributed by atoms with Crippen LogP contribution in [0.1, 0.15) is 33.1 Å². The molecule has 1 saturated carbocycles. The quantitative estimate of drug-likeness (QED) is 0.661. The minimum absolute atomic E-state index is 0.299. The fraction of sp³-hybridized carbons (Fsp3) is 1.00. The number of hydrogen-bond donors (Lipinski definition) is 1. The molecule has 1 aliphatic carbocycles. The zero-order valence-corrected chi connectivity index (χ0v) is 7.68. The highest BCUT2D eigenvalue weighted by Gasteiger charge is 2.41. The summed E-state index contributed by atoms with van der Waals surface area (Å²) in [5, 5.41) is 9.90. The maximum atomic E-state index is 9.90. The largest absolute Gasteiger partial charge is 0.387 e. The normalized spacial score (nSPS) is 36.0. The standard InChI is InChI=1S/C9H18O2/c1-8(2)4-5-9(10,6-8)7-11-3/h10H,4-7H2,1-3H3. The minimum atomic E-state index is -0.543. The van der Waals surface area contributed by atoms with E-state index >= 15 is 0 Å². The van der Waals surface area contributed by atoms with E-state index in [1.54, 1.807) is 7.11 Å². The molecule has 0 aliphatic heterocycles. The van der Waals surface area contributed by atoms with Crippen molar-refractivity contribution in [2.24, 2.45) is 5.41 Å². The van der Waals surface area contributed by atoms with Crippen LogP contribution in [0.4, 0.5) is 0 Å². The first-order valence-electron chi connectivity index (χ1n) is 4.19. The summed E-state index contributed by atoms with van der Waals surface area (Å²) in [5.74, 6) is 0. The molecule has 66 valence electrons. The van der Waals surface area contributed by atoms with Crippen LogP contribution in [0.15, 0.2) is 0 Å². The molecule has 0 heterocycles. The third kappa shape index (κ3) is 2.17. The molecule has 1 fully saturated rings. The second kappa shape index (κ2) is 2.76. The first kappa shape index (κ1) is 9.01. The second-order valence-corrected chi connectivity index (χ2v) is 4.50. The summed E-state index contributed by atoms with van der Waals surface area (Å²) in [6, 6.07) is 0. The van der Waals surface area contributed by atoms with E-state index in [0.717, 1.165) is 19.3 Å². The van der Waals surface area contributed by atoms with Gasteiger partial charge in [0.1, 0.15) is 0 Å². The minimum Gasteiger partial charge on any atom is -0.387 e. The summed E-state index contributed by atoms with van der Waals surface area (Å²) in [7, 11) is 1.64. The number of ether oxygens (including phenoxy) is 1. The molecule has 0 radical (unpaired) electrons. The Morgan fingerprint density at radius 3 is 2.36 bits per heavy atom. The Kier molecular flexibility index (Phi) is 2.26. The zero-order valence-electron chi connectivity index (χ0n) is 7.68. The van der Waals surface area contributed by atoms with Crippen LogP contribution in [0.3, 0.4) is 0 Å². The Hall–Kier alpha value is -0.0800. The van der Waals surface area contributed by atoms with Crippen molar-refractivity contribution in [3.8, 4) is 0 Å². The topological polar surface area (TPSA) is 29.5 Å². The molecule has 0 amide bonds. The van der Waals surface area contributed by atoms with Gasteiger partial charge in [0.05, 0.1) is 12.2 Å². The first-order valence-corrected chi connectivity index (χ1v) is 4.19. The van der Waals surface area contributed by atoms with Gasteiger partial charge in [0, 0.05) is 7.11 Å².